The monoisotopic (exact) mass is 255 g/mol. The third-order valence-electron chi connectivity index (χ3n) is 3.05. The van der Waals surface area contributed by atoms with Gasteiger partial charge in [-0.15, -0.1) is 0 Å². The number of carbonyl (C=O) groups is 1. The Morgan fingerprint density at radius 2 is 1.53 bits per heavy atom. The lowest BCUT2D eigenvalue weighted by Crippen LogP contribution is -2.32. The van der Waals surface area contributed by atoms with Gasteiger partial charge in [0.1, 0.15) is 0 Å². The molecule has 3 heteroatoms. The van der Waals surface area contributed by atoms with Crippen LogP contribution in [0.4, 0.5) is 0 Å². The van der Waals surface area contributed by atoms with E-state index in [1.165, 1.54) is 12.2 Å². The highest BCUT2D eigenvalue weighted by atomic mass is 16.7. The average Bonchev–Trinajstić information content (AvgIpc) is 2.49. The summed E-state index contributed by atoms with van der Waals surface area (Å²) in [6.45, 7) is 1.94. The zero-order valence-electron chi connectivity index (χ0n) is 11.1. The molecule has 2 rings (SSSR count). The van der Waals surface area contributed by atoms with Crippen LogP contribution in [0.15, 0.2) is 60.7 Å². The van der Waals surface area contributed by atoms with Gasteiger partial charge >= 0.3 is 0 Å². The Kier molecular flexibility index (Phi) is 4.31. The minimum Gasteiger partial charge on any atom is -0.273 e. The van der Waals surface area contributed by atoms with Crippen molar-refractivity contribution in [3.63, 3.8) is 0 Å². The Morgan fingerprint density at radius 3 is 2.05 bits per heavy atom. The molecule has 19 heavy (non-hydrogen) atoms. The van der Waals surface area contributed by atoms with E-state index in [9.17, 15) is 4.79 Å². The number of rotatable bonds is 4. The summed E-state index contributed by atoms with van der Waals surface area (Å²) in [5, 5.41) is 1.39. The molecule has 0 heterocycles. The van der Waals surface area contributed by atoms with Crippen molar-refractivity contribution >= 4 is 5.91 Å². The van der Waals surface area contributed by atoms with Gasteiger partial charge in [0.2, 0.25) is 0 Å². The molecule has 0 bridgehead atoms. The largest absolute Gasteiger partial charge is 0.277 e. The van der Waals surface area contributed by atoms with Gasteiger partial charge in [0, 0.05) is 5.56 Å². The number of carbonyl (C=O) groups excluding carboxylic acids is 1. The molecule has 0 saturated heterocycles. The number of hydrogen-bond donors (Lipinski definition) is 0. The minimum absolute atomic E-state index is 0.139. The molecule has 0 aliphatic carbocycles. The molecule has 0 aromatic heterocycles. The highest BCUT2D eigenvalue weighted by molar-refractivity contribution is 5.93. The standard InChI is InChI=1S/C16H17NO2/c1-13(14-9-5-3-6-10-14)17(19-2)16(18)15-11-7-4-8-12-15/h3-13H,1-2H3. The van der Waals surface area contributed by atoms with E-state index < -0.39 is 0 Å². The lowest BCUT2D eigenvalue weighted by atomic mass is 10.1. The number of nitrogens with zero attached hydrogens (tertiary/aromatic N) is 1. The van der Waals surface area contributed by atoms with Crippen LogP contribution in [0.3, 0.4) is 0 Å². The molecule has 1 amide bonds. The van der Waals surface area contributed by atoms with E-state index in [1.54, 1.807) is 12.1 Å². The van der Waals surface area contributed by atoms with Crippen molar-refractivity contribution in [2.24, 2.45) is 0 Å². The van der Waals surface area contributed by atoms with Gasteiger partial charge in [0.15, 0.2) is 0 Å². The average molecular weight is 255 g/mol. The molecule has 3 nitrogen and oxygen atoms in total. The SMILES string of the molecule is CON(C(=O)c1ccccc1)C(C)c1ccccc1. The Hall–Kier alpha value is -2.13. The Labute approximate surface area is 113 Å². The van der Waals surface area contributed by atoms with Gasteiger partial charge in [0.25, 0.3) is 5.91 Å². The second kappa shape index (κ2) is 6.16. The fourth-order valence-electron chi connectivity index (χ4n) is 1.99. The summed E-state index contributed by atoms with van der Waals surface area (Å²) in [6.07, 6.45) is 0. The number of benzene rings is 2. The second-order valence-electron chi connectivity index (χ2n) is 4.27. The zero-order chi connectivity index (χ0) is 13.7. The van der Waals surface area contributed by atoms with Crippen molar-refractivity contribution in [3.05, 3.63) is 71.8 Å². The molecule has 0 aliphatic heterocycles. The summed E-state index contributed by atoms with van der Waals surface area (Å²) >= 11 is 0. The molecule has 0 fully saturated rings. The molecule has 1 atom stereocenters. The maximum Gasteiger partial charge on any atom is 0.277 e. The highest BCUT2D eigenvalue weighted by Crippen LogP contribution is 2.21. The van der Waals surface area contributed by atoms with E-state index in [0.29, 0.717) is 5.56 Å². The first kappa shape index (κ1) is 13.3. The van der Waals surface area contributed by atoms with E-state index in [1.807, 2.05) is 55.5 Å². The molecular formula is C16H17NO2. The van der Waals surface area contributed by atoms with Gasteiger partial charge in [-0.3, -0.25) is 9.63 Å². The molecule has 0 aliphatic rings. The van der Waals surface area contributed by atoms with Crippen LogP contribution in [-0.2, 0) is 4.84 Å². The Morgan fingerprint density at radius 1 is 1.00 bits per heavy atom. The van der Waals surface area contributed by atoms with Crippen molar-refractivity contribution in [1.82, 2.24) is 5.06 Å². The van der Waals surface area contributed by atoms with E-state index >= 15 is 0 Å². The van der Waals surface area contributed by atoms with Crippen LogP contribution in [0.25, 0.3) is 0 Å². The van der Waals surface area contributed by atoms with Crippen LogP contribution in [0, 0.1) is 0 Å². The van der Waals surface area contributed by atoms with E-state index in [2.05, 4.69) is 0 Å². The summed E-state index contributed by atoms with van der Waals surface area (Å²) in [4.78, 5) is 17.7. The van der Waals surface area contributed by atoms with Crippen LogP contribution in [0.5, 0.6) is 0 Å². The van der Waals surface area contributed by atoms with Crippen LogP contribution in [0.2, 0.25) is 0 Å². The van der Waals surface area contributed by atoms with Gasteiger partial charge in [0.05, 0.1) is 13.2 Å². The molecule has 0 spiro atoms. The molecule has 0 N–H and O–H groups in total. The lowest BCUT2D eigenvalue weighted by molar-refractivity contribution is -0.120. The van der Waals surface area contributed by atoms with Crippen LogP contribution < -0.4 is 0 Å². The molecule has 0 saturated carbocycles. The molecule has 1 unspecified atom stereocenters. The third-order valence-corrected chi connectivity index (χ3v) is 3.05. The van der Waals surface area contributed by atoms with Crippen molar-refractivity contribution in [2.75, 3.05) is 7.11 Å². The van der Waals surface area contributed by atoms with Crippen molar-refractivity contribution < 1.29 is 9.63 Å². The second-order valence-corrected chi connectivity index (χ2v) is 4.27. The number of hydroxylamine groups is 2. The maximum atomic E-state index is 12.4. The topological polar surface area (TPSA) is 29.5 Å². The number of amides is 1. The quantitative estimate of drug-likeness (QED) is 0.783. The predicted octanol–water partition coefficient (Wildman–Crippen LogP) is 3.45. The van der Waals surface area contributed by atoms with Crippen LogP contribution >= 0.6 is 0 Å². The molecular weight excluding hydrogens is 238 g/mol. The highest BCUT2D eigenvalue weighted by Gasteiger charge is 2.22. The van der Waals surface area contributed by atoms with Gasteiger partial charge in [-0.25, -0.2) is 5.06 Å². The minimum atomic E-state index is -0.140. The summed E-state index contributed by atoms with van der Waals surface area (Å²) in [5.74, 6) is -0.139. The van der Waals surface area contributed by atoms with Crippen molar-refractivity contribution in [1.29, 1.82) is 0 Å². The fourth-order valence-corrected chi connectivity index (χ4v) is 1.99. The van der Waals surface area contributed by atoms with E-state index in [0.717, 1.165) is 5.56 Å². The fraction of sp³-hybridized carbons (Fsp3) is 0.188. The summed E-state index contributed by atoms with van der Waals surface area (Å²) in [6, 6.07) is 18.8. The molecule has 2 aromatic rings. The van der Waals surface area contributed by atoms with Gasteiger partial charge in [-0.1, -0.05) is 48.5 Å². The van der Waals surface area contributed by atoms with Gasteiger partial charge in [-0.2, -0.15) is 0 Å². The van der Waals surface area contributed by atoms with Gasteiger partial charge < -0.3 is 0 Å². The Balaban J connectivity index is 2.23. The molecule has 0 radical (unpaired) electrons. The normalized spacial score (nSPS) is 11.9. The summed E-state index contributed by atoms with van der Waals surface area (Å²) in [5.41, 5.74) is 1.65. The first-order chi connectivity index (χ1) is 9.24. The van der Waals surface area contributed by atoms with E-state index in [-0.39, 0.29) is 11.9 Å². The first-order valence-corrected chi connectivity index (χ1v) is 6.21. The molecule has 2 aromatic carbocycles. The third kappa shape index (κ3) is 3.01. The first-order valence-electron chi connectivity index (χ1n) is 6.21. The maximum absolute atomic E-state index is 12.4. The Bertz CT molecular complexity index is 525. The van der Waals surface area contributed by atoms with Gasteiger partial charge in [-0.05, 0) is 24.6 Å². The summed E-state index contributed by atoms with van der Waals surface area (Å²) < 4.78 is 0. The van der Waals surface area contributed by atoms with Crippen molar-refractivity contribution in [2.45, 2.75) is 13.0 Å². The van der Waals surface area contributed by atoms with Crippen LogP contribution in [0.1, 0.15) is 28.9 Å². The number of hydrogen-bond acceptors (Lipinski definition) is 2. The summed E-state index contributed by atoms with van der Waals surface area (Å²) in [7, 11) is 1.51. The lowest BCUT2D eigenvalue weighted by Gasteiger charge is -2.26. The smallest absolute Gasteiger partial charge is 0.273 e. The predicted molar refractivity (Wildman–Crippen MR) is 74.5 cm³/mol. The zero-order valence-corrected chi connectivity index (χ0v) is 11.1. The molecule has 98 valence electrons. The van der Waals surface area contributed by atoms with Crippen LogP contribution in [-0.4, -0.2) is 18.1 Å². The van der Waals surface area contributed by atoms with E-state index in [4.69, 9.17) is 4.84 Å². The van der Waals surface area contributed by atoms with Crippen molar-refractivity contribution in [3.8, 4) is 0 Å².